The minimum absolute atomic E-state index is 0.0198. The minimum Gasteiger partial charge on any atom is -0.392 e. The first-order valence-electron chi connectivity index (χ1n) is 8.17. The van der Waals surface area contributed by atoms with Crippen LogP contribution in [0.3, 0.4) is 0 Å². The maximum Gasteiger partial charge on any atom is 0.239 e. The van der Waals surface area contributed by atoms with E-state index in [4.69, 9.17) is 5.11 Å². The van der Waals surface area contributed by atoms with Gasteiger partial charge in [0.25, 0.3) is 0 Å². The zero-order chi connectivity index (χ0) is 16.9. The Bertz CT molecular complexity index is 834. The van der Waals surface area contributed by atoms with Crippen LogP contribution in [0.15, 0.2) is 54.6 Å². The van der Waals surface area contributed by atoms with Crippen molar-refractivity contribution >= 4 is 16.8 Å². The van der Waals surface area contributed by atoms with Crippen LogP contribution in [-0.2, 0) is 24.4 Å². The van der Waals surface area contributed by atoms with Crippen molar-refractivity contribution in [2.75, 3.05) is 6.54 Å². The molecular weight excluding hydrogens is 300 g/mol. The number of aromatic nitrogens is 1. The van der Waals surface area contributed by atoms with Crippen molar-refractivity contribution in [3.8, 4) is 0 Å². The lowest BCUT2D eigenvalue weighted by Crippen LogP contribution is -2.29. The lowest BCUT2D eigenvalue weighted by molar-refractivity contribution is -0.121. The summed E-state index contributed by atoms with van der Waals surface area (Å²) in [4.78, 5) is 12.2. The van der Waals surface area contributed by atoms with E-state index in [1.54, 1.807) is 0 Å². The van der Waals surface area contributed by atoms with Crippen LogP contribution in [-0.4, -0.2) is 22.1 Å². The number of aryl methyl sites for hydroxylation is 1. The van der Waals surface area contributed by atoms with Crippen LogP contribution >= 0.6 is 0 Å². The number of aliphatic hydroxyl groups excluding tert-OH is 1. The van der Waals surface area contributed by atoms with E-state index in [2.05, 4.69) is 17.4 Å². The Morgan fingerprint density at radius 3 is 2.54 bits per heavy atom. The van der Waals surface area contributed by atoms with Gasteiger partial charge in [0.15, 0.2) is 0 Å². The fraction of sp³-hybridized carbons (Fsp3) is 0.250. The zero-order valence-corrected chi connectivity index (χ0v) is 13.8. The maximum atomic E-state index is 12.2. The molecule has 2 N–H and O–H groups in total. The van der Waals surface area contributed by atoms with E-state index < -0.39 is 0 Å². The number of hydrogen-bond acceptors (Lipinski definition) is 2. The van der Waals surface area contributed by atoms with Crippen LogP contribution in [0, 0.1) is 6.92 Å². The number of aliphatic hydroxyl groups is 1. The third kappa shape index (κ3) is 3.66. The molecule has 0 bridgehead atoms. The van der Waals surface area contributed by atoms with Crippen molar-refractivity contribution in [2.45, 2.75) is 26.5 Å². The molecule has 0 aliphatic heterocycles. The van der Waals surface area contributed by atoms with Crippen molar-refractivity contribution in [1.29, 1.82) is 0 Å². The smallest absolute Gasteiger partial charge is 0.239 e. The molecule has 3 rings (SSSR count). The van der Waals surface area contributed by atoms with Crippen LogP contribution in [0.25, 0.3) is 10.9 Å². The van der Waals surface area contributed by atoms with E-state index in [0.717, 1.165) is 34.1 Å². The van der Waals surface area contributed by atoms with Crippen LogP contribution in [0.4, 0.5) is 0 Å². The number of hydrogen-bond donors (Lipinski definition) is 2. The van der Waals surface area contributed by atoms with Crippen molar-refractivity contribution in [3.05, 3.63) is 71.4 Å². The van der Waals surface area contributed by atoms with Gasteiger partial charge >= 0.3 is 0 Å². The van der Waals surface area contributed by atoms with Crippen LogP contribution in [0.5, 0.6) is 0 Å². The SMILES string of the molecule is Cc1cc2ccccc2n1CC(=O)NCCc1ccc(CO)cc1. The average Bonchev–Trinajstić information content (AvgIpc) is 2.91. The van der Waals surface area contributed by atoms with Gasteiger partial charge in [-0.3, -0.25) is 4.79 Å². The molecule has 1 aromatic heterocycles. The topological polar surface area (TPSA) is 54.3 Å². The third-order valence-electron chi connectivity index (χ3n) is 4.26. The van der Waals surface area contributed by atoms with E-state index in [0.29, 0.717) is 13.1 Å². The van der Waals surface area contributed by atoms with Gasteiger partial charge < -0.3 is 15.0 Å². The standard InChI is InChI=1S/C20H22N2O2/c1-15-12-18-4-2-3-5-19(18)22(15)13-20(24)21-11-10-16-6-8-17(14-23)9-7-16/h2-9,12,23H,10-11,13-14H2,1H3,(H,21,24). The first kappa shape index (κ1) is 16.3. The van der Waals surface area contributed by atoms with Crippen LogP contribution in [0.2, 0.25) is 0 Å². The minimum atomic E-state index is 0.0198. The number of rotatable bonds is 6. The molecule has 1 amide bonds. The van der Waals surface area contributed by atoms with Crippen molar-refractivity contribution in [1.82, 2.24) is 9.88 Å². The third-order valence-corrected chi connectivity index (χ3v) is 4.26. The molecule has 0 aliphatic carbocycles. The molecule has 0 unspecified atom stereocenters. The molecule has 124 valence electrons. The van der Waals surface area contributed by atoms with E-state index in [1.165, 1.54) is 0 Å². The van der Waals surface area contributed by atoms with Gasteiger partial charge in [0.1, 0.15) is 6.54 Å². The number of benzene rings is 2. The summed E-state index contributed by atoms with van der Waals surface area (Å²) in [5, 5.41) is 13.2. The molecule has 0 aliphatic rings. The monoisotopic (exact) mass is 322 g/mol. The summed E-state index contributed by atoms with van der Waals surface area (Å²) in [6.07, 6.45) is 0.781. The molecule has 24 heavy (non-hydrogen) atoms. The average molecular weight is 322 g/mol. The Labute approximate surface area is 141 Å². The molecule has 0 saturated heterocycles. The highest BCUT2D eigenvalue weighted by Crippen LogP contribution is 2.18. The molecule has 0 spiro atoms. The number of carbonyl (C=O) groups excluding carboxylic acids is 1. The number of para-hydroxylation sites is 1. The van der Waals surface area contributed by atoms with Gasteiger partial charge in [-0.15, -0.1) is 0 Å². The number of nitrogens with one attached hydrogen (secondary N) is 1. The highest BCUT2D eigenvalue weighted by molar-refractivity contribution is 5.84. The van der Waals surface area contributed by atoms with Crippen molar-refractivity contribution in [3.63, 3.8) is 0 Å². The highest BCUT2D eigenvalue weighted by atomic mass is 16.3. The predicted octanol–water partition coefficient (Wildman–Crippen LogP) is 2.80. The number of amides is 1. The van der Waals surface area contributed by atoms with Gasteiger partial charge in [-0.05, 0) is 42.0 Å². The lowest BCUT2D eigenvalue weighted by Gasteiger charge is -2.09. The molecular formula is C20H22N2O2. The Hall–Kier alpha value is -2.59. The van der Waals surface area contributed by atoms with Gasteiger partial charge in [-0.25, -0.2) is 0 Å². The Morgan fingerprint density at radius 2 is 1.79 bits per heavy atom. The molecule has 4 nitrogen and oxygen atoms in total. The predicted molar refractivity (Wildman–Crippen MR) is 95.8 cm³/mol. The van der Waals surface area contributed by atoms with Crippen molar-refractivity contribution < 1.29 is 9.90 Å². The van der Waals surface area contributed by atoms with Crippen molar-refractivity contribution in [2.24, 2.45) is 0 Å². The Morgan fingerprint density at radius 1 is 1.08 bits per heavy atom. The maximum absolute atomic E-state index is 12.2. The molecule has 0 atom stereocenters. The summed E-state index contributed by atoms with van der Waals surface area (Å²) in [6, 6.07) is 18.0. The van der Waals surface area contributed by atoms with Gasteiger partial charge in [-0.2, -0.15) is 0 Å². The Balaban J connectivity index is 1.56. The van der Waals surface area contributed by atoms with Crippen LogP contribution in [0.1, 0.15) is 16.8 Å². The van der Waals surface area contributed by atoms with Gasteiger partial charge in [0.2, 0.25) is 5.91 Å². The fourth-order valence-electron chi connectivity index (χ4n) is 2.92. The van der Waals surface area contributed by atoms with E-state index in [9.17, 15) is 4.79 Å². The fourth-order valence-corrected chi connectivity index (χ4v) is 2.92. The van der Waals surface area contributed by atoms with E-state index >= 15 is 0 Å². The summed E-state index contributed by atoms with van der Waals surface area (Å²) in [7, 11) is 0. The van der Waals surface area contributed by atoms with Gasteiger partial charge in [-0.1, -0.05) is 42.5 Å². The summed E-state index contributed by atoms with van der Waals surface area (Å²) in [5.41, 5.74) is 4.23. The summed E-state index contributed by atoms with van der Waals surface area (Å²) in [6.45, 7) is 3.02. The van der Waals surface area contributed by atoms with E-state index in [1.807, 2.05) is 54.0 Å². The zero-order valence-electron chi connectivity index (χ0n) is 13.8. The van der Waals surface area contributed by atoms with E-state index in [-0.39, 0.29) is 12.5 Å². The van der Waals surface area contributed by atoms with Gasteiger partial charge in [0.05, 0.1) is 6.61 Å². The lowest BCUT2D eigenvalue weighted by atomic mass is 10.1. The largest absolute Gasteiger partial charge is 0.392 e. The molecule has 0 saturated carbocycles. The van der Waals surface area contributed by atoms with Gasteiger partial charge in [0, 0.05) is 17.8 Å². The first-order chi connectivity index (χ1) is 11.7. The second kappa shape index (κ2) is 7.32. The normalized spacial score (nSPS) is 10.9. The number of carbonyl (C=O) groups is 1. The summed E-state index contributed by atoms with van der Waals surface area (Å²) < 4.78 is 2.04. The molecule has 2 aromatic carbocycles. The molecule has 0 radical (unpaired) electrons. The quantitative estimate of drug-likeness (QED) is 0.733. The number of nitrogens with zero attached hydrogens (tertiary/aromatic N) is 1. The molecule has 4 heteroatoms. The Kier molecular flexibility index (Phi) is 4.96. The summed E-state index contributed by atoms with van der Waals surface area (Å²) >= 11 is 0. The molecule has 1 heterocycles. The molecule has 3 aromatic rings. The number of fused-ring (bicyclic) bond motifs is 1. The second-order valence-electron chi connectivity index (χ2n) is 6.01. The molecule has 0 fully saturated rings. The van der Waals surface area contributed by atoms with Crippen LogP contribution < -0.4 is 5.32 Å². The first-order valence-corrected chi connectivity index (χ1v) is 8.17. The second-order valence-corrected chi connectivity index (χ2v) is 6.01. The summed E-state index contributed by atoms with van der Waals surface area (Å²) in [5.74, 6) is 0.0198. The highest BCUT2D eigenvalue weighted by Gasteiger charge is 2.09.